The molecule has 1 N–H and O–H groups in total. The van der Waals surface area contributed by atoms with Crippen molar-refractivity contribution in [2.75, 3.05) is 7.11 Å². The molecule has 6 heteroatoms. The molecule has 1 aromatic carbocycles. The van der Waals surface area contributed by atoms with Crippen molar-refractivity contribution in [3.63, 3.8) is 0 Å². The molecule has 1 aromatic heterocycles. The van der Waals surface area contributed by atoms with Crippen LogP contribution in [0.2, 0.25) is 5.02 Å². The van der Waals surface area contributed by atoms with E-state index in [1.54, 1.807) is 24.3 Å². The lowest BCUT2D eigenvalue weighted by Crippen LogP contribution is -2.02. The summed E-state index contributed by atoms with van der Waals surface area (Å²) in [6.07, 6.45) is 0. The van der Waals surface area contributed by atoms with Crippen molar-refractivity contribution in [2.24, 2.45) is 0 Å². The molecule has 0 atom stereocenters. The highest BCUT2D eigenvalue weighted by Crippen LogP contribution is 2.30. The molecule has 0 aliphatic heterocycles. The maximum atomic E-state index is 10.9. The second kappa shape index (κ2) is 5.58. The standard InChI is InChI=1S/C13H10ClNO4/c1-18-9-4-2-3-5-10(9)19-11-7-6-8(14)12(15-11)13(16)17/h2-7H,1H3,(H,16,17). The van der Waals surface area contributed by atoms with Crippen molar-refractivity contribution in [2.45, 2.75) is 0 Å². The van der Waals surface area contributed by atoms with Gasteiger partial charge in [-0.2, -0.15) is 0 Å². The van der Waals surface area contributed by atoms with Crippen LogP contribution in [0.3, 0.4) is 0 Å². The Bertz CT molecular complexity index is 615. The molecule has 0 aliphatic carbocycles. The highest BCUT2D eigenvalue weighted by molar-refractivity contribution is 6.33. The molecule has 2 aromatic rings. The number of ether oxygens (including phenoxy) is 2. The second-order valence-electron chi connectivity index (χ2n) is 3.54. The Kier molecular flexibility index (Phi) is 3.87. The quantitative estimate of drug-likeness (QED) is 0.930. The molecule has 5 nitrogen and oxygen atoms in total. The molecular weight excluding hydrogens is 270 g/mol. The van der Waals surface area contributed by atoms with E-state index in [4.69, 9.17) is 26.2 Å². The Morgan fingerprint density at radius 1 is 1.21 bits per heavy atom. The fraction of sp³-hybridized carbons (Fsp3) is 0.0769. The Hall–Kier alpha value is -2.27. The van der Waals surface area contributed by atoms with Crippen molar-refractivity contribution in [1.29, 1.82) is 0 Å². The van der Waals surface area contributed by atoms with Gasteiger partial charge in [-0.3, -0.25) is 0 Å². The van der Waals surface area contributed by atoms with Crippen LogP contribution in [-0.4, -0.2) is 23.2 Å². The molecule has 0 amide bonds. The van der Waals surface area contributed by atoms with Gasteiger partial charge in [0, 0.05) is 6.07 Å². The molecule has 1 heterocycles. The third kappa shape index (κ3) is 2.95. The number of hydrogen-bond donors (Lipinski definition) is 1. The smallest absolute Gasteiger partial charge is 0.356 e. The van der Waals surface area contributed by atoms with Crippen molar-refractivity contribution < 1.29 is 19.4 Å². The van der Waals surface area contributed by atoms with Crippen LogP contribution < -0.4 is 9.47 Å². The molecule has 19 heavy (non-hydrogen) atoms. The number of carboxylic acid groups (broad SMARTS) is 1. The van der Waals surface area contributed by atoms with E-state index in [1.165, 1.54) is 19.2 Å². The van der Waals surface area contributed by atoms with Crippen molar-refractivity contribution in [3.05, 3.63) is 47.1 Å². The van der Waals surface area contributed by atoms with Gasteiger partial charge in [-0.15, -0.1) is 0 Å². The van der Waals surface area contributed by atoms with Gasteiger partial charge in [-0.25, -0.2) is 9.78 Å². The molecule has 0 radical (unpaired) electrons. The highest BCUT2D eigenvalue weighted by Gasteiger charge is 2.13. The zero-order valence-corrected chi connectivity index (χ0v) is 10.7. The summed E-state index contributed by atoms with van der Waals surface area (Å²) in [4.78, 5) is 14.8. The Balaban J connectivity index is 2.33. The number of halogens is 1. The number of aromatic carboxylic acids is 1. The SMILES string of the molecule is COc1ccccc1Oc1ccc(Cl)c(C(=O)O)n1. The van der Waals surface area contributed by atoms with E-state index in [-0.39, 0.29) is 16.6 Å². The topological polar surface area (TPSA) is 68.7 Å². The van der Waals surface area contributed by atoms with Gasteiger partial charge in [0.15, 0.2) is 17.2 Å². The van der Waals surface area contributed by atoms with E-state index in [2.05, 4.69) is 4.98 Å². The van der Waals surface area contributed by atoms with Gasteiger partial charge in [-0.1, -0.05) is 23.7 Å². The summed E-state index contributed by atoms with van der Waals surface area (Å²) in [5.41, 5.74) is -0.255. The molecule has 2 rings (SSSR count). The summed E-state index contributed by atoms with van der Waals surface area (Å²) in [6.45, 7) is 0. The van der Waals surface area contributed by atoms with Crippen molar-refractivity contribution in [3.8, 4) is 17.4 Å². The number of carbonyl (C=O) groups is 1. The predicted molar refractivity (Wildman–Crippen MR) is 69.3 cm³/mol. The van der Waals surface area contributed by atoms with E-state index >= 15 is 0 Å². The van der Waals surface area contributed by atoms with Crippen molar-refractivity contribution >= 4 is 17.6 Å². The molecule has 0 unspecified atom stereocenters. The highest BCUT2D eigenvalue weighted by atomic mass is 35.5. The number of para-hydroxylation sites is 2. The minimum atomic E-state index is -1.21. The summed E-state index contributed by atoms with van der Waals surface area (Å²) in [5, 5.41) is 8.99. The average molecular weight is 280 g/mol. The molecular formula is C13H10ClNO4. The van der Waals surface area contributed by atoms with Crippen LogP contribution in [0.25, 0.3) is 0 Å². The minimum Gasteiger partial charge on any atom is -0.493 e. The lowest BCUT2D eigenvalue weighted by atomic mass is 10.3. The molecule has 0 bridgehead atoms. The van der Waals surface area contributed by atoms with Crippen LogP contribution in [0.4, 0.5) is 0 Å². The van der Waals surface area contributed by atoms with Crippen LogP contribution in [0.15, 0.2) is 36.4 Å². The summed E-state index contributed by atoms with van der Waals surface area (Å²) in [6, 6.07) is 9.89. The third-order valence-electron chi connectivity index (χ3n) is 2.31. The first-order valence-electron chi connectivity index (χ1n) is 5.32. The second-order valence-corrected chi connectivity index (χ2v) is 3.95. The summed E-state index contributed by atoms with van der Waals surface area (Å²) < 4.78 is 10.6. The van der Waals surface area contributed by atoms with Crippen LogP contribution in [0.1, 0.15) is 10.5 Å². The number of nitrogens with zero attached hydrogens (tertiary/aromatic N) is 1. The fourth-order valence-corrected chi connectivity index (χ4v) is 1.63. The summed E-state index contributed by atoms with van der Waals surface area (Å²) >= 11 is 5.73. The molecule has 0 fully saturated rings. The van der Waals surface area contributed by atoms with Gasteiger partial charge in [0.25, 0.3) is 0 Å². The van der Waals surface area contributed by atoms with Gasteiger partial charge >= 0.3 is 5.97 Å². The van der Waals surface area contributed by atoms with Crippen molar-refractivity contribution in [1.82, 2.24) is 4.98 Å². The maximum Gasteiger partial charge on any atom is 0.356 e. The van der Waals surface area contributed by atoms with Gasteiger partial charge < -0.3 is 14.6 Å². The van der Waals surface area contributed by atoms with Crippen LogP contribution in [0.5, 0.6) is 17.4 Å². The van der Waals surface area contributed by atoms with Gasteiger partial charge in [0.1, 0.15) is 0 Å². The van der Waals surface area contributed by atoms with Gasteiger partial charge in [0.05, 0.1) is 12.1 Å². The van der Waals surface area contributed by atoms with Crippen LogP contribution in [-0.2, 0) is 0 Å². The third-order valence-corrected chi connectivity index (χ3v) is 2.61. The molecule has 0 spiro atoms. The van der Waals surface area contributed by atoms with Crippen LogP contribution in [0, 0.1) is 0 Å². The van der Waals surface area contributed by atoms with Crippen LogP contribution >= 0.6 is 11.6 Å². The molecule has 0 aliphatic rings. The van der Waals surface area contributed by atoms with E-state index in [9.17, 15) is 4.79 Å². The normalized spacial score (nSPS) is 10.0. The first-order valence-corrected chi connectivity index (χ1v) is 5.70. The lowest BCUT2D eigenvalue weighted by molar-refractivity contribution is 0.0690. The summed E-state index contributed by atoms with van der Waals surface area (Å²) in [5.74, 6) is -0.117. The fourth-order valence-electron chi connectivity index (χ4n) is 1.45. The molecule has 0 saturated carbocycles. The van der Waals surface area contributed by atoms with E-state index < -0.39 is 5.97 Å². The number of rotatable bonds is 4. The maximum absolute atomic E-state index is 10.9. The number of benzene rings is 1. The van der Waals surface area contributed by atoms with Gasteiger partial charge in [-0.05, 0) is 18.2 Å². The largest absolute Gasteiger partial charge is 0.493 e. The zero-order valence-electron chi connectivity index (χ0n) is 9.96. The number of hydrogen-bond acceptors (Lipinski definition) is 4. The Morgan fingerprint density at radius 3 is 2.53 bits per heavy atom. The molecule has 98 valence electrons. The number of aromatic nitrogens is 1. The number of carboxylic acids is 1. The van der Waals surface area contributed by atoms with E-state index in [0.29, 0.717) is 11.5 Å². The number of pyridine rings is 1. The van der Waals surface area contributed by atoms with Gasteiger partial charge in [0.2, 0.25) is 5.88 Å². The Labute approximate surface area is 114 Å². The average Bonchev–Trinajstić information content (AvgIpc) is 2.41. The first kappa shape index (κ1) is 13.2. The predicted octanol–water partition coefficient (Wildman–Crippen LogP) is 3.23. The monoisotopic (exact) mass is 279 g/mol. The van der Waals surface area contributed by atoms with E-state index in [1.807, 2.05) is 0 Å². The lowest BCUT2D eigenvalue weighted by Gasteiger charge is -2.09. The molecule has 0 saturated heterocycles. The number of methoxy groups -OCH3 is 1. The zero-order chi connectivity index (χ0) is 13.8. The minimum absolute atomic E-state index is 0.0554. The summed E-state index contributed by atoms with van der Waals surface area (Å²) in [7, 11) is 1.51. The Morgan fingerprint density at radius 2 is 1.89 bits per heavy atom. The van der Waals surface area contributed by atoms with E-state index in [0.717, 1.165) is 0 Å². The first-order chi connectivity index (χ1) is 9.11.